The number of ether oxygens (including phenoxy) is 2. The van der Waals surface area contributed by atoms with Gasteiger partial charge in [-0.15, -0.1) is 10.2 Å². The maximum Gasteiger partial charge on any atom is 0.227 e. The molecule has 0 aliphatic carbocycles. The number of aryl methyl sites for hydroxylation is 2. The first-order chi connectivity index (χ1) is 18.0. The Balaban J connectivity index is 1.56. The molecular weight excluding hydrogens is 482 g/mol. The molecule has 6 nitrogen and oxygen atoms in total. The number of fused-ring (bicyclic) bond motifs is 1. The fourth-order valence-corrected chi connectivity index (χ4v) is 5.29. The van der Waals surface area contributed by atoms with Crippen LogP contribution in [0.5, 0.6) is 11.5 Å². The highest BCUT2D eigenvalue weighted by Crippen LogP contribution is 2.33. The second-order valence-electron chi connectivity index (χ2n) is 8.80. The van der Waals surface area contributed by atoms with Gasteiger partial charge in [0.15, 0.2) is 11.5 Å². The Bertz CT molecular complexity index is 1600. The van der Waals surface area contributed by atoms with E-state index in [-0.39, 0.29) is 5.12 Å². The third-order valence-electron chi connectivity index (χ3n) is 6.33. The molecular formula is C30H27N3O3S. The predicted octanol–water partition coefficient (Wildman–Crippen LogP) is 6.58. The van der Waals surface area contributed by atoms with Crippen molar-refractivity contribution in [2.45, 2.75) is 25.4 Å². The minimum absolute atomic E-state index is 0.156. The normalized spacial score (nSPS) is 11.0. The van der Waals surface area contributed by atoms with Crippen LogP contribution in [0.15, 0.2) is 84.0 Å². The molecule has 0 saturated heterocycles. The fourth-order valence-electron chi connectivity index (χ4n) is 4.50. The number of thioether (sulfide) groups is 1. The van der Waals surface area contributed by atoms with Crippen LogP contribution >= 0.6 is 11.8 Å². The Morgan fingerprint density at radius 1 is 0.865 bits per heavy atom. The molecule has 37 heavy (non-hydrogen) atoms. The van der Waals surface area contributed by atoms with Gasteiger partial charge in [0, 0.05) is 12.0 Å². The van der Waals surface area contributed by atoms with Crippen molar-refractivity contribution in [2.24, 2.45) is 0 Å². The van der Waals surface area contributed by atoms with Crippen molar-refractivity contribution in [3.05, 3.63) is 107 Å². The van der Waals surface area contributed by atoms with Crippen LogP contribution in [0.25, 0.3) is 16.5 Å². The van der Waals surface area contributed by atoms with Gasteiger partial charge in [-0.05, 0) is 71.8 Å². The van der Waals surface area contributed by atoms with Gasteiger partial charge in [0.1, 0.15) is 5.82 Å². The number of methoxy groups -OCH3 is 2. The van der Waals surface area contributed by atoms with E-state index >= 15 is 0 Å². The highest BCUT2D eigenvalue weighted by Gasteiger charge is 2.21. The summed E-state index contributed by atoms with van der Waals surface area (Å²) in [6, 6.07) is 26.0. The SMILES string of the molecule is COc1ccc(C(=O)Sc2nnc(Cc3cccc4ccccc34)n2-c2ccc(C)cc2C)cc1OC. The molecule has 0 amide bonds. The molecule has 7 heteroatoms. The molecule has 0 spiro atoms. The van der Waals surface area contributed by atoms with Gasteiger partial charge >= 0.3 is 0 Å². The van der Waals surface area contributed by atoms with Crippen molar-refractivity contribution in [3.63, 3.8) is 0 Å². The molecule has 186 valence electrons. The number of aromatic nitrogens is 3. The molecule has 0 radical (unpaired) electrons. The van der Waals surface area contributed by atoms with Crippen molar-refractivity contribution in [1.29, 1.82) is 0 Å². The number of carbonyl (C=O) groups excluding carboxylic acids is 1. The lowest BCUT2D eigenvalue weighted by molar-refractivity contribution is 0.108. The average molecular weight is 510 g/mol. The first-order valence-electron chi connectivity index (χ1n) is 11.9. The standard InChI is InChI=1S/C30H27N3O3S/c1-19-12-14-25(20(2)16-19)33-28(18-22-10-7-9-21-8-5-6-11-24(21)22)31-32-30(33)37-29(34)23-13-15-26(35-3)27(17-23)36-4/h5-17H,18H2,1-4H3. The van der Waals surface area contributed by atoms with Crippen molar-refractivity contribution in [3.8, 4) is 17.2 Å². The summed E-state index contributed by atoms with van der Waals surface area (Å²) in [5.74, 6) is 1.84. The first kappa shape index (κ1) is 24.6. The minimum Gasteiger partial charge on any atom is -0.493 e. The maximum absolute atomic E-state index is 13.3. The summed E-state index contributed by atoms with van der Waals surface area (Å²) in [4.78, 5) is 13.3. The van der Waals surface area contributed by atoms with Crippen LogP contribution < -0.4 is 9.47 Å². The summed E-state index contributed by atoms with van der Waals surface area (Å²) < 4.78 is 12.7. The molecule has 5 aromatic rings. The van der Waals surface area contributed by atoms with Crippen molar-refractivity contribution < 1.29 is 14.3 Å². The van der Waals surface area contributed by atoms with Gasteiger partial charge in [-0.1, -0.05) is 60.2 Å². The largest absolute Gasteiger partial charge is 0.493 e. The molecule has 0 atom stereocenters. The Morgan fingerprint density at radius 3 is 2.43 bits per heavy atom. The molecule has 0 aliphatic heterocycles. The lowest BCUT2D eigenvalue weighted by Gasteiger charge is -2.14. The second-order valence-corrected chi connectivity index (χ2v) is 9.74. The Hall–Kier alpha value is -4.10. The number of nitrogens with zero attached hydrogens (tertiary/aromatic N) is 3. The average Bonchev–Trinajstić information content (AvgIpc) is 3.29. The quantitative estimate of drug-likeness (QED) is 0.231. The third kappa shape index (κ3) is 4.95. The Morgan fingerprint density at radius 2 is 1.65 bits per heavy atom. The first-order valence-corrected chi connectivity index (χ1v) is 12.7. The van der Waals surface area contributed by atoms with Crippen LogP contribution in [0.1, 0.15) is 32.9 Å². The molecule has 4 aromatic carbocycles. The zero-order chi connectivity index (χ0) is 25.9. The zero-order valence-corrected chi connectivity index (χ0v) is 22.0. The van der Waals surface area contributed by atoms with Gasteiger partial charge in [0.05, 0.1) is 19.9 Å². The highest BCUT2D eigenvalue weighted by atomic mass is 32.2. The minimum atomic E-state index is -0.156. The highest BCUT2D eigenvalue weighted by molar-refractivity contribution is 8.14. The van der Waals surface area contributed by atoms with Gasteiger partial charge < -0.3 is 9.47 Å². The lowest BCUT2D eigenvalue weighted by atomic mass is 10.0. The third-order valence-corrected chi connectivity index (χ3v) is 7.19. The van der Waals surface area contributed by atoms with E-state index in [0.29, 0.717) is 28.6 Å². The van der Waals surface area contributed by atoms with E-state index in [4.69, 9.17) is 9.47 Å². The summed E-state index contributed by atoms with van der Waals surface area (Å²) in [6.07, 6.45) is 0.576. The van der Waals surface area contributed by atoms with E-state index < -0.39 is 0 Å². The molecule has 1 heterocycles. The predicted molar refractivity (Wildman–Crippen MR) is 147 cm³/mol. The van der Waals surface area contributed by atoms with Crippen molar-refractivity contribution in [2.75, 3.05) is 14.2 Å². The summed E-state index contributed by atoms with van der Waals surface area (Å²) in [5, 5.41) is 11.7. The van der Waals surface area contributed by atoms with Crippen LogP contribution in [0, 0.1) is 13.8 Å². The molecule has 0 saturated carbocycles. The number of hydrogen-bond acceptors (Lipinski definition) is 6. The molecule has 0 aliphatic rings. The van der Waals surface area contributed by atoms with Gasteiger partial charge in [-0.25, -0.2) is 0 Å². The van der Waals surface area contributed by atoms with E-state index in [1.54, 1.807) is 32.4 Å². The van der Waals surface area contributed by atoms with E-state index in [9.17, 15) is 4.79 Å². The summed E-state index contributed by atoms with van der Waals surface area (Å²) in [7, 11) is 3.12. The van der Waals surface area contributed by atoms with Crippen LogP contribution in [-0.2, 0) is 6.42 Å². The van der Waals surface area contributed by atoms with E-state index in [2.05, 4.69) is 72.6 Å². The van der Waals surface area contributed by atoms with Crippen LogP contribution in [0.2, 0.25) is 0 Å². The topological polar surface area (TPSA) is 66.2 Å². The number of rotatable bonds is 7. The maximum atomic E-state index is 13.3. The molecule has 0 bridgehead atoms. The molecule has 0 fully saturated rings. The number of carbonyl (C=O) groups is 1. The molecule has 0 N–H and O–H groups in total. The fraction of sp³-hybridized carbons (Fsp3) is 0.167. The van der Waals surface area contributed by atoms with Gasteiger partial charge in [-0.3, -0.25) is 9.36 Å². The second kappa shape index (κ2) is 10.5. The van der Waals surface area contributed by atoms with Crippen LogP contribution in [-0.4, -0.2) is 34.1 Å². The van der Waals surface area contributed by atoms with Crippen LogP contribution in [0.4, 0.5) is 0 Å². The summed E-state index contributed by atoms with van der Waals surface area (Å²) in [5.41, 5.74) is 4.85. The lowest BCUT2D eigenvalue weighted by Crippen LogP contribution is -2.07. The number of hydrogen-bond donors (Lipinski definition) is 0. The summed E-state index contributed by atoms with van der Waals surface area (Å²) in [6.45, 7) is 4.13. The van der Waals surface area contributed by atoms with E-state index in [0.717, 1.165) is 34.4 Å². The summed E-state index contributed by atoms with van der Waals surface area (Å²) >= 11 is 1.05. The van der Waals surface area contributed by atoms with Crippen LogP contribution in [0.3, 0.4) is 0 Å². The number of benzene rings is 4. The monoisotopic (exact) mass is 509 g/mol. The Kier molecular flexibility index (Phi) is 6.97. The van der Waals surface area contributed by atoms with Crippen molar-refractivity contribution in [1.82, 2.24) is 14.8 Å². The van der Waals surface area contributed by atoms with Crippen molar-refractivity contribution >= 4 is 27.6 Å². The molecule has 5 rings (SSSR count). The van der Waals surface area contributed by atoms with E-state index in [1.165, 1.54) is 16.3 Å². The molecule has 1 aromatic heterocycles. The molecule has 0 unspecified atom stereocenters. The smallest absolute Gasteiger partial charge is 0.227 e. The Labute approximate surface area is 220 Å². The van der Waals surface area contributed by atoms with E-state index in [1.807, 2.05) is 16.7 Å². The van der Waals surface area contributed by atoms with Gasteiger partial charge in [0.2, 0.25) is 10.3 Å². The van der Waals surface area contributed by atoms with Gasteiger partial charge in [-0.2, -0.15) is 0 Å². The zero-order valence-electron chi connectivity index (χ0n) is 21.2. The van der Waals surface area contributed by atoms with Gasteiger partial charge in [0.25, 0.3) is 0 Å².